The average molecular weight is 254 g/mol. The highest BCUT2D eigenvalue weighted by Crippen LogP contribution is 2.36. The van der Waals surface area contributed by atoms with Crippen LogP contribution < -0.4 is 5.32 Å². The highest BCUT2D eigenvalue weighted by atomic mass is 16.3. The molecule has 0 bridgehead atoms. The maximum atomic E-state index is 9.39. The van der Waals surface area contributed by atoms with Crippen LogP contribution in [0.4, 0.5) is 0 Å². The number of fused-ring (bicyclic) bond motifs is 1. The fraction of sp³-hybridized carbons (Fsp3) is 1.00. The van der Waals surface area contributed by atoms with Gasteiger partial charge in [0.2, 0.25) is 0 Å². The summed E-state index contributed by atoms with van der Waals surface area (Å²) in [5, 5.41) is 12.6. The Hall–Kier alpha value is -0.120. The third kappa shape index (κ3) is 3.25. The van der Waals surface area contributed by atoms with Crippen molar-refractivity contribution in [2.75, 3.05) is 26.7 Å². The third-order valence-corrected chi connectivity index (χ3v) is 5.25. The standard InChI is InChI=1S/C15H30N2O/c1-15(12-18,16-2)9-5-10-17-11-8-13-6-3-4-7-14(13)17/h13-14,16,18H,3-12H2,1-2H3. The van der Waals surface area contributed by atoms with Gasteiger partial charge in [-0.25, -0.2) is 0 Å². The summed E-state index contributed by atoms with van der Waals surface area (Å²) in [5.41, 5.74) is -0.0916. The Labute approximate surface area is 112 Å². The summed E-state index contributed by atoms with van der Waals surface area (Å²) in [4.78, 5) is 2.72. The number of aliphatic hydroxyl groups excluding tert-OH is 1. The van der Waals surface area contributed by atoms with Gasteiger partial charge in [-0.15, -0.1) is 0 Å². The minimum Gasteiger partial charge on any atom is -0.394 e. The van der Waals surface area contributed by atoms with E-state index in [1.807, 2.05) is 7.05 Å². The van der Waals surface area contributed by atoms with Gasteiger partial charge in [0, 0.05) is 11.6 Å². The molecule has 0 aromatic carbocycles. The average Bonchev–Trinajstić information content (AvgIpc) is 2.82. The molecule has 0 radical (unpaired) electrons. The largest absolute Gasteiger partial charge is 0.394 e. The number of rotatable bonds is 6. The van der Waals surface area contributed by atoms with Crippen LogP contribution in [0.2, 0.25) is 0 Å². The molecule has 106 valence electrons. The van der Waals surface area contributed by atoms with E-state index < -0.39 is 0 Å². The molecule has 0 spiro atoms. The molecular formula is C15H30N2O. The summed E-state index contributed by atoms with van der Waals surface area (Å²) < 4.78 is 0. The van der Waals surface area contributed by atoms with Crippen LogP contribution in [0.25, 0.3) is 0 Å². The summed E-state index contributed by atoms with van der Waals surface area (Å²) >= 11 is 0. The Balaban J connectivity index is 1.74. The Morgan fingerprint density at radius 1 is 1.28 bits per heavy atom. The van der Waals surface area contributed by atoms with Crippen molar-refractivity contribution in [1.29, 1.82) is 0 Å². The predicted octanol–water partition coefficient (Wildman–Crippen LogP) is 2.00. The van der Waals surface area contributed by atoms with Gasteiger partial charge in [-0.3, -0.25) is 0 Å². The van der Waals surface area contributed by atoms with E-state index in [0.29, 0.717) is 0 Å². The Morgan fingerprint density at radius 3 is 2.78 bits per heavy atom. The van der Waals surface area contributed by atoms with E-state index in [4.69, 9.17) is 0 Å². The molecule has 2 aliphatic rings. The van der Waals surface area contributed by atoms with Crippen LogP contribution in [-0.2, 0) is 0 Å². The van der Waals surface area contributed by atoms with Gasteiger partial charge in [-0.2, -0.15) is 0 Å². The number of likely N-dealkylation sites (tertiary alicyclic amines) is 1. The molecule has 3 nitrogen and oxygen atoms in total. The lowest BCUT2D eigenvalue weighted by atomic mass is 9.85. The van der Waals surface area contributed by atoms with Crippen molar-refractivity contribution in [2.24, 2.45) is 5.92 Å². The van der Waals surface area contributed by atoms with E-state index in [1.165, 1.54) is 51.6 Å². The molecule has 0 amide bonds. The van der Waals surface area contributed by atoms with Crippen LogP contribution in [-0.4, -0.2) is 48.3 Å². The highest BCUT2D eigenvalue weighted by molar-refractivity contribution is 4.90. The number of hydrogen-bond donors (Lipinski definition) is 2. The lowest BCUT2D eigenvalue weighted by Crippen LogP contribution is -2.44. The molecule has 18 heavy (non-hydrogen) atoms. The Kier molecular flexibility index (Phi) is 5.05. The molecule has 3 heteroatoms. The van der Waals surface area contributed by atoms with Crippen molar-refractivity contribution in [3.05, 3.63) is 0 Å². The van der Waals surface area contributed by atoms with Crippen LogP contribution in [0.5, 0.6) is 0 Å². The molecule has 0 aromatic heterocycles. The zero-order valence-electron chi connectivity index (χ0n) is 12.1. The predicted molar refractivity (Wildman–Crippen MR) is 75.7 cm³/mol. The second-order valence-corrected chi connectivity index (χ2v) is 6.51. The molecule has 1 saturated heterocycles. The van der Waals surface area contributed by atoms with Crippen molar-refractivity contribution >= 4 is 0 Å². The molecule has 2 fully saturated rings. The molecule has 1 aliphatic heterocycles. The first-order valence-corrected chi connectivity index (χ1v) is 7.72. The molecule has 1 heterocycles. The monoisotopic (exact) mass is 254 g/mol. The van der Waals surface area contributed by atoms with Gasteiger partial charge < -0.3 is 15.3 Å². The molecule has 1 saturated carbocycles. The number of nitrogens with zero attached hydrogens (tertiary/aromatic N) is 1. The fourth-order valence-corrected chi connectivity index (χ4v) is 3.74. The van der Waals surface area contributed by atoms with E-state index in [0.717, 1.165) is 18.4 Å². The summed E-state index contributed by atoms with van der Waals surface area (Å²) in [6.45, 7) is 4.87. The van der Waals surface area contributed by atoms with Gasteiger partial charge in [-0.05, 0) is 65.1 Å². The van der Waals surface area contributed by atoms with Crippen molar-refractivity contribution in [2.45, 2.75) is 63.5 Å². The first kappa shape index (κ1) is 14.3. The molecule has 0 aromatic rings. The van der Waals surface area contributed by atoms with E-state index in [1.54, 1.807) is 0 Å². The molecule has 3 unspecified atom stereocenters. The van der Waals surface area contributed by atoms with Crippen LogP contribution in [0, 0.1) is 5.92 Å². The maximum Gasteiger partial charge on any atom is 0.0610 e. The van der Waals surface area contributed by atoms with E-state index in [9.17, 15) is 5.11 Å². The highest BCUT2D eigenvalue weighted by Gasteiger charge is 2.35. The van der Waals surface area contributed by atoms with Crippen LogP contribution in [0.3, 0.4) is 0 Å². The van der Waals surface area contributed by atoms with Crippen molar-refractivity contribution in [3.8, 4) is 0 Å². The topological polar surface area (TPSA) is 35.5 Å². The molecule has 3 atom stereocenters. The Bertz CT molecular complexity index is 253. The third-order valence-electron chi connectivity index (χ3n) is 5.25. The van der Waals surface area contributed by atoms with Crippen LogP contribution in [0.15, 0.2) is 0 Å². The fourth-order valence-electron chi connectivity index (χ4n) is 3.74. The first-order valence-electron chi connectivity index (χ1n) is 7.72. The molecule has 2 N–H and O–H groups in total. The smallest absolute Gasteiger partial charge is 0.0610 e. The Morgan fingerprint density at radius 2 is 2.06 bits per heavy atom. The normalized spacial score (nSPS) is 32.2. The number of aliphatic hydroxyl groups is 1. The van der Waals surface area contributed by atoms with E-state index >= 15 is 0 Å². The quantitative estimate of drug-likeness (QED) is 0.761. The zero-order valence-corrected chi connectivity index (χ0v) is 12.1. The SMILES string of the molecule is CNC(C)(CO)CCCN1CCC2CCCCC21. The summed E-state index contributed by atoms with van der Waals surface area (Å²) in [6, 6.07) is 0.883. The van der Waals surface area contributed by atoms with Crippen molar-refractivity contribution in [1.82, 2.24) is 10.2 Å². The van der Waals surface area contributed by atoms with Crippen molar-refractivity contribution < 1.29 is 5.11 Å². The lowest BCUT2D eigenvalue weighted by Gasteiger charge is -2.33. The van der Waals surface area contributed by atoms with E-state index in [-0.39, 0.29) is 12.1 Å². The second kappa shape index (κ2) is 6.36. The van der Waals surface area contributed by atoms with E-state index in [2.05, 4.69) is 17.1 Å². The second-order valence-electron chi connectivity index (χ2n) is 6.51. The van der Waals surface area contributed by atoms with Crippen LogP contribution in [0.1, 0.15) is 51.9 Å². The first-order chi connectivity index (χ1) is 8.68. The summed E-state index contributed by atoms with van der Waals surface area (Å²) in [6.07, 6.45) is 9.46. The van der Waals surface area contributed by atoms with Gasteiger partial charge >= 0.3 is 0 Å². The summed E-state index contributed by atoms with van der Waals surface area (Å²) in [5.74, 6) is 0.993. The molecule has 2 rings (SSSR count). The van der Waals surface area contributed by atoms with Gasteiger partial charge in [0.15, 0.2) is 0 Å². The summed E-state index contributed by atoms with van der Waals surface area (Å²) in [7, 11) is 1.95. The maximum absolute atomic E-state index is 9.39. The van der Waals surface area contributed by atoms with Crippen molar-refractivity contribution in [3.63, 3.8) is 0 Å². The van der Waals surface area contributed by atoms with Gasteiger partial charge in [0.1, 0.15) is 0 Å². The minimum absolute atomic E-state index is 0.0916. The number of nitrogens with one attached hydrogen (secondary N) is 1. The molecular weight excluding hydrogens is 224 g/mol. The number of hydrogen-bond acceptors (Lipinski definition) is 3. The van der Waals surface area contributed by atoms with Gasteiger partial charge in [0.25, 0.3) is 0 Å². The zero-order chi connectivity index (χ0) is 13.0. The molecule has 1 aliphatic carbocycles. The van der Waals surface area contributed by atoms with Gasteiger partial charge in [0.05, 0.1) is 6.61 Å². The minimum atomic E-state index is -0.0916. The number of likely N-dealkylation sites (N-methyl/N-ethyl adjacent to an activating group) is 1. The van der Waals surface area contributed by atoms with Crippen LogP contribution >= 0.6 is 0 Å². The lowest BCUT2D eigenvalue weighted by molar-refractivity contribution is 0.150. The van der Waals surface area contributed by atoms with Gasteiger partial charge in [-0.1, -0.05) is 12.8 Å².